The van der Waals surface area contributed by atoms with Crippen molar-refractivity contribution in [1.82, 2.24) is 0 Å². The fourth-order valence-corrected chi connectivity index (χ4v) is 1.56. The Bertz CT molecular complexity index is 495. The van der Waals surface area contributed by atoms with Gasteiger partial charge in [-0.05, 0) is 31.0 Å². The molecule has 2 aromatic rings. The number of ketones is 1. The van der Waals surface area contributed by atoms with Gasteiger partial charge in [-0.1, -0.05) is 24.3 Å². The molecule has 0 spiro atoms. The van der Waals surface area contributed by atoms with Crippen molar-refractivity contribution >= 4 is 5.78 Å². The van der Waals surface area contributed by atoms with Crippen LogP contribution < -0.4 is 0 Å². The first kappa shape index (κ1) is 9.71. The maximum absolute atomic E-state index is 12.1. The Kier molecular flexibility index (Phi) is 2.42. The largest absolute Gasteiger partial charge is 0.461 e. The molecule has 1 heterocycles. The molecule has 1 aromatic heterocycles. The number of carbonyl (C=O) groups is 1. The fraction of sp³-hybridized carbons (Fsp3) is 0.154. The van der Waals surface area contributed by atoms with E-state index in [0.717, 1.165) is 11.1 Å². The summed E-state index contributed by atoms with van der Waals surface area (Å²) in [6, 6.07) is 9.32. The van der Waals surface area contributed by atoms with Gasteiger partial charge in [0.15, 0.2) is 5.76 Å². The van der Waals surface area contributed by atoms with E-state index in [9.17, 15) is 4.79 Å². The zero-order valence-electron chi connectivity index (χ0n) is 8.78. The lowest BCUT2D eigenvalue weighted by molar-refractivity contribution is 0.101. The molecule has 2 rings (SSSR count). The van der Waals surface area contributed by atoms with Gasteiger partial charge in [-0.2, -0.15) is 0 Å². The summed E-state index contributed by atoms with van der Waals surface area (Å²) in [6.07, 6.45) is 1.54. The molecule has 0 amide bonds. The van der Waals surface area contributed by atoms with Crippen LogP contribution in [0.2, 0.25) is 0 Å². The molecule has 76 valence electrons. The number of benzene rings is 1. The lowest BCUT2D eigenvalue weighted by atomic mass is 10.0. The van der Waals surface area contributed by atoms with Gasteiger partial charge in [0, 0.05) is 5.56 Å². The van der Waals surface area contributed by atoms with Gasteiger partial charge in [0.2, 0.25) is 5.78 Å². The standard InChI is InChI=1S/C13H12O2/c1-9-5-3-4-6-11(9)12(14)13-10(2)7-8-15-13/h3-8H,1-2H3. The SMILES string of the molecule is Cc1ccccc1C(=O)c1occc1C. The lowest BCUT2D eigenvalue weighted by Crippen LogP contribution is -2.03. The van der Waals surface area contributed by atoms with Gasteiger partial charge in [-0.15, -0.1) is 0 Å². The third-order valence-electron chi connectivity index (χ3n) is 2.46. The average molecular weight is 200 g/mol. The molecule has 0 saturated carbocycles. The summed E-state index contributed by atoms with van der Waals surface area (Å²) in [7, 11) is 0. The molecular weight excluding hydrogens is 188 g/mol. The van der Waals surface area contributed by atoms with Crippen LogP contribution in [0.15, 0.2) is 41.0 Å². The molecule has 15 heavy (non-hydrogen) atoms. The highest BCUT2D eigenvalue weighted by molar-refractivity contribution is 6.08. The fourth-order valence-electron chi connectivity index (χ4n) is 1.56. The predicted octanol–water partition coefficient (Wildman–Crippen LogP) is 3.13. The molecule has 0 fully saturated rings. The van der Waals surface area contributed by atoms with Crippen molar-refractivity contribution in [2.75, 3.05) is 0 Å². The maximum atomic E-state index is 12.1. The van der Waals surface area contributed by atoms with E-state index in [-0.39, 0.29) is 5.78 Å². The second-order valence-corrected chi connectivity index (χ2v) is 3.58. The maximum Gasteiger partial charge on any atom is 0.228 e. The van der Waals surface area contributed by atoms with Crippen LogP contribution >= 0.6 is 0 Å². The first-order valence-corrected chi connectivity index (χ1v) is 4.84. The monoisotopic (exact) mass is 200 g/mol. The van der Waals surface area contributed by atoms with Gasteiger partial charge in [0.25, 0.3) is 0 Å². The van der Waals surface area contributed by atoms with Gasteiger partial charge < -0.3 is 4.42 Å². The van der Waals surface area contributed by atoms with Crippen molar-refractivity contribution in [2.24, 2.45) is 0 Å². The van der Waals surface area contributed by atoms with Crippen molar-refractivity contribution in [2.45, 2.75) is 13.8 Å². The van der Waals surface area contributed by atoms with E-state index in [0.29, 0.717) is 11.3 Å². The zero-order valence-corrected chi connectivity index (χ0v) is 8.78. The third kappa shape index (κ3) is 1.71. The molecule has 0 N–H and O–H groups in total. The van der Waals surface area contributed by atoms with Crippen molar-refractivity contribution in [3.63, 3.8) is 0 Å². The van der Waals surface area contributed by atoms with Crippen LogP contribution in [0.1, 0.15) is 27.2 Å². The van der Waals surface area contributed by atoms with E-state index in [1.807, 2.05) is 38.1 Å². The number of rotatable bonds is 2. The molecule has 0 atom stereocenters. The van der Waals surface area contributed by atoms with Gasteiger partial charge in [-0.25, -0.2) is 0 Å². The summed E-state index contributed by atoms with van der Waals surface area (Å²) in [4.78, 5) is 12.1. The Morgan fingerprint density at radius 2 is 1.80 bits per heavy atom. The summed E-state index contributed by atoms with van der Waals surface area (Å²) >= 11 is 0. The molecule has 1 aromatic carbocycles. The van der Waals surface area contributed by atoms with Crippen LogP contribution in [0.25, 0.3) is 0 Å². The second-order valence-electron chi connectivity index (χ2n) is 3.58. The summed E-state index contributed by atoms with van der Waals surface area (Å²) in [5.41, 5.74) is 2.55. The highest BCUT2D eigenvalue weighted by Gasteiger charge is 2.16. The Hall–Kier alpha value is -1.83. The van der Waals surface area contributed by atoms with Crippen LogP contribution in [0.4, 0.5) is 0 Å². The van der Waals surface area contributed by atoms with Gasteiger partial charge >= 0.3 is 0 Å². The van der Waals surface area contributed by atoms with E-state index in [2.05, 4.69) is 0 Å². The van der Waals surface area contributed by atoms with E-state index >= 15 is 0 Å². The highest BCUT2D eigenvalue weighted by atomic mass is 16.3. The van der Waals surface area contributed by atoms with Crippen LogP contribution in [0, 0.1) is 13.8 Å². The minimum Gasteiger partial charge on any atom is -0.461 e. The molecule has 0 aliphatic heterocycles. The highest BCUT2D eigenvalue weighted by Crippen LogP contribution is 2.17. The van der Waals surface area contributed by atoms with Crippen molar-refractivity contribution in [3.8, 4) is 0 Å². The molecule has 0 saturated heterocycles. The summed E-state index contributed by atoms with van der Waals surface area (Å²) in [5, 5.41) is 0. The Morgan fingerprint density at radius 1 is 1.07 bits per heavy atom. The molecule has 0 radical (unpaired) electrons. The molecule has 0 aliphatic carbocycles. The zero-order chi connectivity index (χ0) is 10.8. The van der Waals surface area contributed by atoms with Crippen molar-refractivity contribution < 1.29 is 9.21 Å². The summed E-state index contributed by atoms with van der Waals surface area (Å²) in [5.74, 6) is 0.389. The molecule has 0 aliphatic rings. The molecular formula is C13H12O2. The second kappa shape index (κ2) is 3.73. The van der Waals surface area contributed by atoms with E-state index in [4.69, 9.17) is 4.42 Å². The molecule has 2 heteroatoms. The van der Waals surface area contributed by atoms with Crippen LogP contribution in [0.5, 0.6) is 0 Å². The average Bonchev–Trinajstić information content (AvgIpc) is 2.64. The van der Waals surface area contributed by atoms with Gasteiger partial charge in [0.1, 0.15) is 0 Å². The first-order chi connectivity index (χ1) is 7.20. The minimum absolute atomic E-state index is 0.0457. The number of carbonyl (C=O) groups excluding carboxylic acids is 1. The Labute approximate surface area is 88.5 Å². The van der Waals surface area contributed by atoms with Crippen LogP contribution in [0.3, 0.4) is 0 Å². The first-order valence-electron chi connectivity index (χ1n) is 4.84. The van der Waals surface area contributed by atoms with E-state index in [1.165, 1.54) is 0 Å². The van der Waals surface area contributed by atoms with E-state index in [1.54, 1.807) is 12.3 Å². The smallest absolute Gasteiger partial charge is 0.228 e. The molecule has 2 nitrogen and oxygen atoms in total. The lowest BCUT2D eigenvalue weighted by Gasteiger charge is -2.02. The van der Waals surface area contributed by atoms with Crippen LogP contribution in [-0.4, -0.2) is 5.78 Å². The summed E-state index contributed by atoms with van der Waals surface area (Å²) in [6.45, 7) is 3.79. The summed E-state index contributed by atoms with van der Waals surface area (Å²) < 4.78 is 5.19. The van der Waals surface area contributed by atoms with E-state index < -0.39 is 0 Å². The minimum atomic E-state index is -0.0457. The van der Waals surface area contributed by atoms with Crippen LogP contribution in [-0.2, 0) is 0 Å². The number of furan rings is 1. The quantitative estimate of drug-likeness (QED) is 0.697. The molecule has 0 bridgehead atoms. The normalized spacial score (nSPS) is 10.3. The number of hydrogen-bond acceptors (Lipinski definition) is 2. The topological polar surface area (TPSA) is 30.2 Å². The number of aryl methyl sites for hydroxylation is 2. The third-order valence-corrected chi connectivity index (χ3v) is 2.46. The van der Waals surface area contributed by atoms with Crippen molar-refractivity contribution in [1.29, 1.82) is 0 Å². The van der Waals surface area contributed by atoms with Gasteiger partial charge in [-0.3, -0.25) is 4.79 Å². The Morgan fingerprint density at radius 3 is 2.40 bits per heavy atom. The van der Waals surface area contributed by atoms with Gasteiger partial charge in [0.05, 0.1) is 6.26 Å². The predicted molar refractivity (Wildman–Crippen MR) is 58.1 cm³/mol. The Balaban J connectivity index is 2.46. The molecule has 0 unspecified atom stereocenters. The number of hydrogen-bond donors (Lipinski definition) is 0. The van der Waals surface area contributed by atoms with Crippen molar-refractivity contribution in [3.05, 3.63) is 59.0 Å².